The number of anilines is 1. The van der Waals surface area contributed by atoms with Gasteiger partial charge in [0.2, 0.25) is 0 Å². The molecule has 0 bridgehead atoms. The molecule has 0 aliphatic rings. The Hall–Kier alpha value is -1.84. The van der Waals surface area contributed by atoms with Gasteiger partial charge in [0, 0.05) is 24.2 Å². The molecule has 0 saturated carbocycles. The molecule has 2 aromatic heterocycles. The normalized spacial score (nSPS) is 10.8. The second-order valence-electron chi connectivity index (χ2n) is 4.75. The quantitative estimate of drug-likeness (QED) is 0.814. The standard InChI is InChI=1S/C15H21N5S/c1-3-19(4-2)7-8-20-12-13(10-18-20)17-11-15-6-5-14(9-16)21-15/h5-6,10,12,17H,3-4,7-8,11H2,1-2H3. The third-order valence-corrected chi connectivity index (χ3v) is 4.40. The number of hydrogen-bond donors (Lipinski definition) is 1. The molecule has 0 atom stereocenters. The van der Waals surface area contributed by atoms with Crippen molar-refractivity contribution in [3.63, 3.8) is 0 Å². The van der Waals surface area contributed by atoms with E-state index in [1.807, 2.05) is 29.2 Å². The molecule has 0 fully saturated rings. The molecule has 21 heavy (non-hydrogen) atoms. The van der Waals surface area contributed by atoms with Gasteiger partial charge in [-0.25, -0.2) is 0 Å². The van der Waals surface area contributed by atoms with Gasteiger partial charge in [0.25, 0.3) is 0 Å². The number of nitrogens with one attached hydrogen (secondary N) is 1. The van der Waals surface area contributed by atoms with Crippen molar-refractivity contribution in [2.75, 3.05) is 25.0 Å². The fourth-order valence-electron chi connectivity index (χ4n) is 2.08. The summed E-state index contributed by atoms with van der Waals surface area (Å²) in [7, 11) is 0. The minimum Gasteiger partial charge on any atom is -0.378 e. The summed E-state index contributed by atoms with van der Waals surface area (Å²) in [5.41, 5.74) is 1.02. The minimum atomic E-state index is 0.730. The SMILES string of the molecule is CCN(CC)CCn1cc(NCc2ccc(C#N)s2)cn1. The zero-order valence-electron chi connectivity index (χ0n) is 12.5. The highest BCUT2D eigenvalue weighted by Gasteiger charge is 2.03. The van der Waals surface area contributed by atoms with Gasteiger partial charge >= 0.3 is 0 Å². The van der Waals surface area contributed by atoms with Crippen LogP contribution in [-0.2, 0) is 13.1 Å². The third kappa shape index (κ3) is 4.59. The maximum Gasteiger partial charge on any atom is 0.110 e. The zero-order valence-corrected chi connectivity index (χ0v) is 13.4. The summed E-state index contributed by atoms with van der Waals surface area (Å²) in [6.07, 6.45) is 3.88. The van der Waals surface area contributed by atoms with Crippen LogP contribution in [0.1, 0.15) is 23.6 Å². The summed E-state index contributed by atoms with van der Waals surface area (Å²) >= 11 is 1.52. The molecule has 5 nitrogen and oxygen atoms in total. The van der Waals surface area contributed by atoms with Crippen LogP contribution in [0.5, 0.6) is 0 Å². The van der Waals surface area contributed by atoms with Gasteiger partial charge in [-0.3, -0.25) is 4.68 Å². The summed E-state index contributed by atoms with van der Waals surface area (Å²) in [6, 6.07) is 6.00. The van der Waals surface area contributed by atoms with Crippen LogP contribution in [0.2, 0.25) is 0 Å². The van der Waals surface area contributed by atoms with Gasteiger partial charge in [-0.15, -0.1) is 11.3 Å². The monoisotopic (exact) mass is 303 g/mol. The lowest BCUT2D eigenvalue weighted by Gasteiger charge is -2.17. The third-order valence-electron chi connectivity index (χ3n) is 3.41. The first kappa shape index (κ1) is 15.5. The van der Waals surface area contributed by atoms with E-state index in [2.05, 4.69) is 35.2 Å². The number of likely N-dealkylation sites (N-methyl/N-ethyl adjacent to an activating group) is 1. The van der Waals surface area contributed by atoms with Crippen LogP contribution in [-0.4, -0.2) is 34.3 Å². The smallest absolute Gasteiger partial charge is 0.110 e. The number of rotatable bonds is 8. The van der Waals surface area contributed by atoms with Crippen LogP contribution in [0.25, 0.3) is 0 Å². The maximum absolute atomic E-state index is 8.81. The van der Waals surface area contributed by atoms with Crippen LogP contribution in [0.15, 0.2) is 24.5 Å². The number of nitriles is 1. The Morgan fingerprint density at radius 2 is 2.19 bits per heavy atom. The molecule has 0 amide bonds. The Morgan fingerprint density at radius 3 is 2.86 bits per heavy atom. The summed E-state index contributed by atoms with van der Waals surface area (Å²) in [4.78, 5) is 4.29. The van der Waals surface area contributed by atoms with E-state index in [9.17, 15) is 0 Å². The Morgan fingerprint density at radius 1 is 1.38 bits per heavy atom. The minimum absolute atomic E-state index is 0.730. The summed E-state index contributed by atoms with van der Waals surface area (Å²) in [6.45, 7) is 9.15. The molecular weight excluding hydrogens is 282 g/mol. The lowest BCUT2D eigenvalue weighted by Crippen LogP contribution is -2.27. The zero-order chi connectivity index (χ0) is 15.1. The molecule has 0 radical (unpaired) electrons. The molecule has 0 aromatic carbocycles. The highest BCUT2D eigenvalue weighted by molar-refractivity contribution is 7.12. The van der Waals surface area contributed by atoms with E-state index < -0.39 is 0 Å². The molecule has 112 valence electrons. The predicted molar refractivity (Wildman–Crippen MR) is 86.4 cm³/mol. The number of aromatic nitrogens is 2. The van der Waals surface area contributed by atoms with E-state index in [0.717, 1.165) is 48.2 Å². The van der Waals surface area contributed by atoms with E-state index in [4.69, 9.17) is 5.26 Å². The Bertz CT molecular complexity index is 591. The van der Waals surface area contributed by atoms with Crippen LogP contribution >= 0.6 is 11.3 Å². The van der Waals surface area contributed by atoms with Gasteiger partial charge in [0.15, 0.2) is 0 Å². The maximum atomic E-state index is 8.81. The van der Waals surface area contributed by atoms with E-state index in [-0.39, 0.29) is 0 Å². The van der Waals surface area contributed by atoms with Crippen molar-refractivity contribution in [1.29, 1.82) is 5.26 Å². The second-order valence-corrected chi connectivity index (χ2v) is 5.92. The average molecular weight is 303 g/mol. The molecule has 0 saturated heterocycles. The van der Waals surface area contributed by atoms with Gasteiger partial charge in [-0.2, -0.15) is 10.4 Å². The Balaban J connectivity index is 1.81. The fourth-order valence-corrected chi connectivity index (χ4v) is 2.83. The lowest BCUT2D eigenvalue weighted by atomic mass is 10.4. The molecule has 2 rings (SSSR count). The van der Waals surface area contributed by atoms with Gasteiger partial charge in [-0.1, -0.05) is 13.8 Å². The van der Waals surface area contributed by atoms with E-state index in [1.165, 1.54) is 11.3 Å². The van der Waals surface area contributed by atoms with Crippen molar-refractivity contribution < 1.29 is 0 Å². The number of hydrogen-bond acceptors (Lipinski definition) is 5. The van der Waals surface area contributed by atoms with Crippen molar-refractivity contribution in [3.8, 4) is 6.07 Å². The molecule has 2 heterocycles. The van der Waals surface area contributed by atoms with Crippen LogP contribution in [0.3, 0.4) is 0 Å². The van der Waals surface area contributed by atoms with Gasteiger partial charge in [-0.05, 0) is 25.2 Å². The number of thiophene rings is 1. The molecule has 0 spiro atoms. The van der Waals surface area contributed by atoms with Crippen molar-refractivity contribution in [2.24, 2.45) is 0 Å². The van der Waals surface area contributed by atoms with E-state index in [1.54, 1.807) is 0 Å². The first-order valence-corrected chi connectivity index (χ1v) is 8.04. The van der Waals surface area contributed by atoms with Gasteiger partial charge in [0.1, 0.15) is 10.9 Å². The second kappa shape index (κ2) is 7.81. The number of nitrogens with zero attached hydrogens (tertiary/aromatic N) is 4. The summed E-state index contributed by atoms with van der Waals surface area (Å²) in [5, 5.41) is 16.5. The molecular formula is C15H21N5S. The average Bonchev–Trinajstić information content (AvgIpc) is 3.15. The van der Waals surface area contributed by atoms with Crippen LogP contribution in [0, 0.1) is 11.3 Å². The molecule has 2 aromatic rings. The Kier molecular flexibility index (Phi) is 5.78. The van der Waals surface area contributed by atoms with Crippen molar-refractivity contribution in [1.82, 2.24) is 14.7 Å². The van der Waals surface area contributed by atoms with Crippen molar-refractivity contribution in [3.05, 3.63) is 34.3 Å². The topological polar surface area (TPSA) is 56.9 Å². The summed E-state index contributed by atoms with van der Waals surface area (Å²) < 4.78 is 1.97. The van der Waals surface area contributed by atoms with Crippen molar-refractivity contribution >= 4 is 17.0 Å². The van der Waals surface area contributed by atoms with Crippen molar-refractivity contribution in [2.45, 2.75) is 26.9 Å². The van der Waals surface area contributed by atoms with Gasteiger partial charge in [0.05, 0.1) is 18.4 Å². The van der Waals surface area contributed by atoms with Crippen LogP contribution < -0.4 is 5.32 Å². The molecule has 1 N–H and O–H groups in total. The molecule has 0 unspecified atom stereocenters. The molecule has 6 heteroatoms. The largest absolute Gasteiger partial charge is 0.378 e. The Labute approximate surface area is 129 Å². The van der Waals surface area contributed by atoms with Crippen LogP contribution in [0.4, 0.5) is 5.69 Å². The highest BCUT2D eigenvalue weighted by atomic mass is 32.1. The predicted octanol–water partition coefficient (Wildman–Crippen LogP) is 2.77. The molecule has 0 aliphatic carbocycles. The summed E-state index contributed by atoms with van der Waals surface area (Å²) in [5.74, 6) is 0. The van der Waals surface area contributed by atoms with E-state index >= 15 is 0 Å². The first-order chi connectivity index (χ1) is 10.2. The first-order valence-electron chi connectivity index (χ1n) is 7.22. The van der Waals surface area contributed by atoms with E-state index in [0.29, 0.717) is 0 Å². The molecule has 0 aliphatic heterocycles. The highest BCUT2D eigenvalue weighted by Crippen LogP contribution is 2.17. The van der Waals surface area contributed by atoms with Gasteiger partial charge < -0.3 is 10.2 Å². The lowest BCUT2D eigenvalue weighted by molar-refractivity contribution is 0.285. The fraction of sp³-hybridized carbons (Fsp3) is 0.467.